The number of aliphatic hydroxyl groups excluding tert-OH is 1. The fraction of sp³-hybridized carbons (Fsp3) is 0.375. The molecule has 0 amide bonds. The summed E-state index contributed by atoms with van der Waals surface area (Å²) in [6.07, 6.45) is 0. The number of nitrogens with two attached hydrogens (primary N) is 1. The summed E-state index contributed by atoms with van der Waals surface area (Å²) < 4.78 is 0. The maximum absolute atomic E-state index is 8.63. The minimum atomic E-state index is -0.0682. The third-order valence-corrected chi connectivity index (χ3v) is 2.26. The highest BCUT2D eigenvalue weighted by Gasteiger charge is 2.04. The van der Waals surface area contributed by atoms with Crippen LogP contribution in [0.25, 0.3) is 0 Å². The molecule has 0 saturated heterocycles. The minimum absolute atomic E-state index is 0.0682. The van der Waals surface area contributed by atoms with Crippen LogP contribution in [0.5, 0.6) is 0 Å². The van der Waals surface area contributed by atoms with Gasteiger partial charge in [-0.05, 0) is 13.0 Å². The number of aliphatic hydroxyl groups is 1. The lowest BCUT2D eigenvalue weighted by molar-refractivity contribution is 0.322. The molecule has 0 spiro atoms. The molecule has 0 bridgehead atoms. The van der Waals surface area contributed by atoms with E-state index in [-0.39, 0.29) is 12.4 Å². The zero-order valence-corrected chi connectivity index (χ0v) is 8.64. The van der Waals surface area contributed by atoms with Crippen molar-refractivity contribution in [2.45, 2.75) is 12.1 Å². The Morgan fingerprint density at radius 3 is 2.93 bits per heavy atom. The molecular formula is C8H12N4OS. The predicted molar refractivity (Wildman–Crippen MR) is 55.6 cm³/mol. The molecule has 1 aromatic rings. The van der Waals surface area contributed by atoms with Crippen LogP contribution in [0, 0.1) is 12.3 Å². The number of rotatable bonds is 4. The Bertz CT molecular complexity index is 342. The van der Waals surface area contributed by atoms with Crippen LogP contribution in [0.2, 0.25) is 0 Å². The molecule has 0 aliphatic rings. The molecule has 0 aliphatic carbocycles. The molecule has 0 aliphatic heterocycles. The minimum Gasteiger partial charge on any atom is -0.396 e. The van der Waals surface area contributed by atoms with Crippen molar-refractivity contribution in [2.75, 3.05) is 12.4 Å². The normalized spacial score (nSPS) is 10.1. The average Bonchev–Trinajstić information content (AvgIpc) is 2.14. The van der Waals surface area contributed by atoms with Crippen molar-refractivity contribution in [2.24, 2.45) is 5.73 Å². The maximum atomic E-state index is 8.63. The molecule has 76 valence electrons. The van der Waals surface area contributed by atoms with E-state index in [0.717, 1.165) is 5.69 Å². The molecule has 4 N–H and O–H groups in total. The van der Waals surface area contributed by atoms with E-state index in [4.69, 9.17) is 16.2 Å². The molecule has 1 heterocycles. The summed E-state index contributed by atoms with van der Waals surface area (Å²) in [7, 11) is 0. The van der Waals surface area contributed by atoms with Gasteiger partial charge < -0.3 is 10.8 Å². The van der Waals surface area contributed by atoms with Crippen LogP contribution in [0.4, 0.5) is 0 Å². The van der Waals surface area contributed by atoms with Crippen molar-refractivity contribution in [1.29, 1.82) is 5.41 Å². The van der Waals surface area contributed by atoms with E-state index in [9.17, 15) is 0 Å². The monoisotopic (exact) mass is 212 g/mol. The third kappa shape index (κ3) is 2.97. The van der Waals surface area contributed by atoms with Crippen molar-refractivity contribution in [3.05, 3.63) is 17.5 Å². The van der Waals surface area contributed by atoms with E-state index >= 15 is 0 Å². The van der Waals surface area contributed by atoms with Crippen molar-refractivity contribution >= 4 is 17.6 Å². The van der Waals surface area contributed by atoms with Gasteiger partial charge in [0.25, 0.3) is 0 Å². The first-order valence-electron chi connectivity index (χ1n) is 4.07. The highest BCUT2D eigenvalue weighted by Crippen LogP contribution is 2.13. The van der Waals surface area contributed by atoms with E-state index in [2.05, 4.69) is 9.97 Å². The van der Waals surface area contributed by atoms with Crippen molar-refractivity contribution in [1.82, 2.24) is 9.97 Å². The molecule has 0 fully saturated rings. The van der Waals surface area contributed by atoms with E-state index < -0.39 is 0 Å². The standard InChI is InChI=1S/C8H12N4OS/c1-5-4-6(7(9)10)12-8(11-5)14-3-2-13/h4,13H,2-3H2,1H3,(H3,9,10). The van der Waals surface area contributed by atoms with Gasteiger partial charge in [-0.3, -0.25) is 5.41 Å². The molecule has 0 radical (unpaired) electrons. The second-order valence-electron chi connectivity index (χ2n) is 2.66. The fourth-order valence-electron chi connectivity index (χ4n) is 0.881. The molecule has 0 saturated carbocycles. The number of hydrogen-bond donors (Lipinski definition) is 3. The smallest absolute Gasteiger partial charge is 0.188 e. The van der Waals surface area contributed by atoms with Gasteiger partial charge in [0.1, 0.15) is 11.5 Å². The Morgan fingerprint density at radius 1 is 1.64 bits per heavy atom. The molecular weight excluding hydrogens is 200 g/mol. The van der Waals surface area contributed by atoms with E-state index in [1.807, 2.05) is 6.92 Å². The molecule has 1 aromatic heterocycles. The van der Waals surface area contributed by atoms with Gasteiger partial charge in [-0.1, -0.05) is 11.8 Å². The third-order valence-electron chi connectivity index (χ3n) is 1.43. The summed E-state index contributed by atoms with van der Waals surface area (Å²) in [6.45, 7) is 1.90. The molecule has 6 heteroatoms. The van der Waals surface area contributed by atoms with Gasteiger partial charge in [0.15, 0.2) is 5.16 Å². The second-order valence-corrected chi connectivity index (χ2v) is 3.72. The highest BCUT2D eigenvalue weighted by atomic mass is 32.2. The van der Waals surface area contributed by atoms with E-state index in [1.165, 1.54) is 11.8 Å². The predicted octanol–water partition coefficient (Wildman–Crippen LogP) is 0.153. The highest BCUT2D eigenvalue weighted by molar-refractivity contribution is 7.99. The zero-order chi connectivity index (χ0) is 10.6. The van der Waals surface area contributed by atoms with Crippen molar-refractivity contribution in [3.63, 3.8) is 0 Å². The van der Waals surface area contributed by atoms with E-state index in [1.54, 1.807) is 6.07 Å². The van der Waals surface area contributed by atoms with Gasteiger partial charge in [-0.2, -0.15) is 0 Å². The lowest BCUT2D eigenvalue weighted by atomic mass is 10.3. The number of hydrogen-bond acceptors (Lipinski definition) is 5. The van der Waals surface area contributed by atoms with Crippen LogP contribution < -0.4 is 5.73 Å². The van der Waals surface area contributed by atoms with Crippen LogP contribution in [0.1, 0.15) is 11.4 Å². The summed E-state index contributed by atoms with van der Waals surface area (Å²) in [6, 6.07) is 1.66. The molecule has 5 nitrogen and oxygen atoms in total. The number of nitrogens with one attached hydrogen (secondary N) is 1. The quantitative estimate of drug-likeness (QED) is 0.286. The van der Waals surface area contributed by atoms with Crippen LogP contribution in [-0.2, 0) is 0 Å². The Balaban J connectivity index is 2.89. The first-order valence-corrected chi connectivity index (χ1v) is 5.06. The Morgan fingerprint density at radius 2 is 2.36 bits per heavy atom. The summed E-state index contributed by atoms with van der Waals surface area (Å²) in [5.41, 5.74) is 6.51. The SMILES string of the molecule is Cc1cc(C(=N)N)nc(SCCO)n1. The van der Waals surface area contributed by atoms with Gasteiger partial charge in [-0.15, -0.1) is 0 Å². The van der Waals surface area contributed by atoms with Gasteiger partial charge in [0, 0.05) is 11.4 Å². The lowest BCUT2D eigenvalue weighted by Crippen LogP contribution is -2.14. The van der Waals surface area contributed by atoms with Crippen LogP contribution in [-0.4, -0.2) is 33.3 Å². The largest absolute Gasteiger partial charge is 0.396 e. The maximum Gasteiger partial charge on any atom is 0.188 e. The van der Waals surface area contributed by atoms with Gasteiger partial charge in [0.05, 0.1) is 6.61 Å². The van der Waals surface area contributed by atoms with Crippen molar-refractivity contribution < 1.29 is 5.11 Å². The summed E-state index contributed by atoms with van der Waals surface area (Å²) in [5.74, 6) is 0.474. The number of amidine groups is 1. The van der Waals surface area contributed by atoms with Gasteiger partial charge in [0.2, 0.25) is 0 Å². The lowest BCUT2D eigenvalue weighted by Gasteiger charge is -2.03. The van der Waals surface area contributed by atoms with Crippen LogP contribution in [0.3, 0.4) is 0 Å². The summed E-state index contributed by atoms with van der Waals surface area (Å²) >= 11 is 1.34. The Labute approximate surface area is 86.3 Å². The Hall–Kier alpha value is -1.14. The molecule has 0 aromatic carbocycles. The van der Waals surface area contributed by atoms with Crippen LogP contribution >= 0.6 is 11.8 Å². The second kappa shape index (κ2) is 4.92. The van der Waals surface area contributed by atoms with Gasteiger partial charge in [-0.25, -0.2) is 9.97 Å². The molecule has 0 atom stereocenters. The first-order chi connectivity index (χ1) is 6.63. The number of nitrogens with zero attached hydrogens (tertiary/aromatic N) is 2. The summed E-state index contributed by atoms with van der Waals surface area (Å²) in [5, 5.41) is 16.4. The molecule has 1 rings (SSSR count). The number of nitrogen functional groups attached to an aromatic ring is 1. The fourth-order valence-corrected chi connectivity index (χ4v) is 1.53. The zero-order valence-electron chi connectivity index (χ0n) is 7.82. The molecule has 14 heavy (non-hydrogen) atoms. The Kier molecular flexibility index (Phi) is 3.84. The van der Waals surface area contributed by atoms with Crippen LogP contribution in [0.15, 0.2) is 11.2 Å². The number of aromatic nitrogens is 2. The topological polar surface area (TPSA) is 95.9 Å². The summed E-state index contributed by atoms with van der Waals surface area (Å²) in [4.78, 5) is 8.20. The van der Waals surface area contributed by atoms with Crippen molar-refractivity contribution in [3.8, 4) is 0 Å². The number of aryl methyl sites for hydroxylation is 1. The van der Waals surface area contributed by atoms with E-state index in [0.29, 0.717) is 16.6 Å². The average molecular weight is 212 g/mol. The number of thioether (sulfide) groups is 1. The van der Waals surface area contributed by atoms with Gasteiger partial charge >= 0.3 is 0 Å². The first kappa shape index (κ1) is 10.9. The molecule has 0 unspecified atom stereocenters.